The molecule has 1 N–H and O–H groups in total. The predicted molar refractivity (Wildman–Crippen MR) is 87.9 cm³/mol. The molecule has 1 aromatic carbocycles. The number of non-ortho nitro benzene ring substituents is 1. The van der Waals surface area contributed by atoms with Crippen molar-refractivity contribution in [3.63, 3.8) is 0 Å². The normalized spacial score (nSPS) is 10.4. The van der Waals surface area contributed by atoms with Gasteiger partial charge < -0.3 is 10.1 Å². The average molecular weight is 325 g/mol. The predicted octanol–water partition coefficient (Wildman–Crippen LogP) is 3.13. The van der Waals surface area contributed by atoms with Crippen LogP contribution in [0.3, 0.4) is 0 Å². The van der Waals surface area contributed by atoms with Gasteiger partial charge >= 0.3 is 0 Å². The topological polar surface area (TPSA) is 95.1 Å². The lowest BCUT2D eigenvalue weighted by Crippen LogP contribution is -2.02. The van der Waals surface area contributed by atoms with Crippen molar-refractivity contribution >= 4 is 11.5 Å². The van der Waals surface area contributed by atoms with Gasteiger partial charge in [-0.15, -0.1) is 0 Å². The Morgan fingerprint density at radius 2 is 2.04 bits per heavy atom. The minimum atomic E-state index is -0.449. The number of nitro groups is 1. The van der Waals surface area contributed by atoms with E-state index in [9.17, 15) is 10.1 Å². The lowest BCUT2D eigenvalue weighted by atomic mass is 10.3. The number of aryl methyl sites for hydroxylation is 1. The Morgan fingerprint density at radius 3 is 2.71 bits per heavy atom. The van der Waals surface area contributed by atoms with Crippen LogP contribution in [-0.4, -0.2) is 19.7 Å². The maximum Gasteiger partial charge on any atom is 0.269 e. The molecule has 0 aliphatic heterocycles. The molecule has 0 saturated carbocycles. The molecule has 122 valence electrons. The largest absolute Gasteiger partial charge is 0.439 e. The molecule has 0 bridgehead atoms. The first-order chi connectivity index (χ1) is 11.6. The van der Waals surface area contributed by atoms with Gasteiger partial charge in [-0.25, -0.2) is 9.67 Å². The Bertz CT molecular complexity index is 831. The first kappa shape index (κ1) is 15.5. The van der Waals surface area contributed by atoms with E-state index in [1.54, 1.807) is 36.1 Å². The first-order valence-electron chi connectivity index (χ1n) is 7.22. The van der Waals surface area contributed by atoms with Gasteiger partial charge in [-0.2, -0.15) is 5.10 Å². The van der Waals surface area contributed by atoms with E-state index in [0.717, 1.165) is 11.5 Å². The highest BCUT2D eigenvalue weighted by molar-refractivity contribution is 5.38. The molecule has 0 spiro atoms. The highest BCUT2D eigenvalue weighted by atomic mass is 16.6. The molecular formula is C16H15N5O3. The van der Waals surface area contributed by atoms with Crippen LogP contribution in [0.1, 0.15) is 5.69 Å². The van der Waals surface area contributed by atoms with Crippen LogP contribution in [0.4, 0.5) is 11.5 Å². The zero-order valence-corrected chi connectivity index (χ0v) is 12.9. The van der Waals surface area contributed by atoms with Crippen molar-refractivity contribution in [1.82, 2.24) is 14.8 Å². The quantitative estimate of drug-likeness (QED) is 0.552. The molecule has 0 fully saturated rings. The minimum absolute atomic E-state index is 0.0209. The Kier molecular flexibility index (Phi) is 4.37. The number of anilines is 1. The molecule has 0 atom stereocenters. The van der Waals surface area contributed by atoms with E-state index in [4.69, 9.17) is 4.74 Å². The van der Waals surface area contributed by atoms with Gasteiger partial charge in [-0.1, -0.05) is 6.07 Å². The third kappa shape index (κ3) is 3.67. The van der Waals surface area contributed by atoms with Crippen LogP contribution < -0.4 is 10.1 Å². The number of rotatable bonds is 6. The second kappa shape index (κ2) is 6.78. The summed E-state index contributed by atoms with van der Waals surface area (Å²) >= 11 is 0. The van der Waals surface area contributed by atoms with Crippen LogP contribution in [0.5, 0.6) is 11.6 Å². The summed E-state index contributed by atoms with van der Waals surface area (Å²) in [5.74, 6) is 1.82. The van der Waals surface area contributed by atoms with Crippen molar-refractivity contribution in [1.29, 1.82) is 0 Å². The smallest absolute Gasteiger partial charge is 0.269 e. The fourth-order valence-corrected chi connectivity index (χ4v) is 2.09. The van der Waals surface area contributed by atoms with E-state index in [1.807, 2.05) is 18.2 Å². The van der Waals surface area contributed by atoms with Gasteiger partial charge in [0.25, 0.3) is 5.69 Å². The number of hydrogen-bond donors (Lipinski definition) is 1. The van der Waals surface area contributed by atoms with Crippen LogP contribution >= 0.6 is 0 Å². The Hall–Kier alpha value is -3.42. The Labute approximate surface area is 137 Å². The standard InChI is InChI=1S/C16H15N5O3/c1-20-16(24-14-7-5-13(6-8-14)21(22)23)10-12(19-20)11-18-15-4-2-3-9-17-15/h2-10H,11H2,1H3,(H,17,18). The Balaban J connectivity index is 1.66. The molecule has 0 aliphatic carbocycles. The van der Waals surface area contributed by atoms with E-state index < -0.39 is 4.92 Å². The molecule has 0 saturated heterocycles. The van der Waals surface area contributed by atoms with Crippen molar-refractivity contribution in [2.24, 2.45) is 7.05 Å². The summed E-state index contributed by atoms with van der Waals surface area (Å²) in [6.07, 6.45) is 1.71. The number of hydrogen-bond acceptors (Lipinski definition) is 6. The second-order valence-corrected chi connectivity index (χ2v) is 5.02. The van der Waals surface area contributed by atoms with Crippen molar-refractivity contribution in [2.45, 2.75) is 6.54 Å². The van der Waals surface area contributed by atoms with Crippen LogP contribution in [0.25, 0.3) is 0 Å². The van der Waals surface area contributed by atoms with E-state index in [-0.39, 0.29) is 5.69 Å². The first-order valence-corrected chi connectivity index (χ1v) is 7.22. The molecule has 24 heavy (non-hydrogen) atoms. The van der Waals surface area contributed by atoms with Crippen LogP contribution in [0.2, 0.25) is 0 Å². The number of pyridine rings is 1. The maximum absolute atomic E-state index is 10.7. The number of aromatic nitrogens is 3. The van der Waals surface area contributed by atoms with E-state index in [2.05, 4.69) is 15.4 Å². The number of ether oxygens (including phenoxy) is 1. The zero-order valence-electron chi connectivity index (χ0n) is 12.9. The summed E-state index contributed by atoms with van der Waals surface area (Å²) < 4.78 is 7.32. The molecule has 2 heterocycles. The van der Waals surface area contributed by atoms with Crippen LogP contribution in [-0.2, 0) is 13.6 Å². The SMILES string of the molecule is Cn1nc(CNc2ccccn2)cc1Oc1ccc([N+](=O)[O-])cc1. The van der Waals surface area contributed by atoms with Gasteiger partial charge in [0.15, 0.2) is 0 Å². The molecule has 2 aromatic heterocycles. The van der Waals surface area contributed by atoms with E-state index in [0.29, 0.717) is 18.2 Å². The van der Waals surface area contributed by atoms with Gasteiger partial charge in [0.1, 0.15) is 11.6 Å². The number of nitro benzene ring substituents is 1. The summed E-state index contributed by atoms with van der Waals surface area (Å²) in [6.45, 7) is 0.508. The minimum Gasteiger partial charge on any atom is -0.439 e. The van der Waals surface area contributed by atoms with Crippen molar-refractivity contribution < 1.29 is 9.66 Å². The van der Waals surface area contributed by atoms with E-state index in [1.165, 1.54) is 12.1 Å². The van der Waals surface area contributed by atoms with E-state index >= 15 is 0 Å². The molecule has 3 rings (SSSR count). The molecule has 0 unspecified atom stereocenters. The highest BCUT2D eigenvalue weighted by Gasteiger charge is 2.09. The van der Waals surface area contributed by atoms with Gasteiger partial charge in [0, 0.05) is 31.4 Å². The van der Waals surface area contributed by atoms with Gasteiger partial charge in [0.2, 0.25) is 5.88 Å². The van der Waals surface area contributed by atoms with Crippen molar-refractivity contribution in [3.8, 4) is 11.6 Å². The van der Waals surface area contributed by atoms with Gasteiger partial charge in [-0.3, -0.25) is 10.1 Å². The zero-order chi connectivity index (χ0) is 16.9. The average Bonchev–Trinajstić information content (AvgIpc) is 2.94. The van der Waals surface area contributed by atoms with Crippen LogP contribution in [0, 0.1) is 10.1 Å². The maximum atomic E-state index is 10.7. The Morgan fingerprint density at radius 1 is 1.25 bits per heavy atom. The summed E-state index contributed by atoms with van der Waals surface area (Å²) in [4.78, 5) is 14.4. The third-order valence-corrected chi connectivity index (χ3v) is 3.27. The molecule has 8 nitrogen and oxygen atoms in total. The molecule has 0 amide bonds. The van der Waals surface area contributed by atoms with Gasteiger partial charge in [0.05, 0.1) is 17.2 Å². The number of nitrogens with zero attached hydrogens (tertiary/aromatic N) is 4. The summed E-state index contributed by atoms with van der Waals surface area (Å²) in [6, 6.07) is 13.3. The lowest BCUT2D eigenvalue weighted by molar-refractivity contribution is -0.384. The summed E-state index contributed by atoms with van der Waals surface area (Å²) in [7, 11) is 1.77. The fourth-order valence-electron chi connectivity index (χ4n) is 2.09. The van der Waals surface area contributed by atoms with Crippen LogP contribution in [0.15, 0.2) is 54.7 Å². The van der Waals surface area contributed by atoms with Crippen molar-refractivity contribution in [2.75, 3.05) is 5.32 Å². The molecule has 0 radical (unpaired) electrons. The number of nitrogens with one attached hydrogen (secondary N) is 1. The summed E-state index contributed by atoms with van der Waals surface area (Å²) in [5, 5.41) is 18.2. The molecular weight excluding hydrogens is 310 g/mol. The number of benzene rings is 1. The highest BCUT2D eigenvalue weighted by Crippen LogP contribution is 2.24. The second-order valence-electron chi connectivity index (χ2n) is 5.02. The monoisotopic (exact) mass is 325 g/mol. The molecule has 8 heteroatoms. The molecule has 0 aliphatic rings. The lowest BCUT2D eigenvalue weighted by Gasteiger charge is -2.04. The molecule has 3 aromatic rings. The third-order valence-electron chi connectivity index (χ3n) is 3.27. The fraction of sp³-hybridized carbons (Fsp3) is 0.125. The summed E-state index contributed by atoms with van der Waals surface area (Å²) in [5.41, 5.74) is 0.813. The van der Waals surface area contributed by atoms with Crippen molar-refractivity contribution in [3.05, 3.63) is 70.5 Å². The van der Waals surface area contributed by atoms with Gasteiger partial charge in [-0.05, 0) is 24.3 Å².